The highest BCUT2D eigenvalue weighted by molar-refractivity contribution is 6.31. The second-order valence-corrected chi connectivity index (χ2v) is 8.27. The molecule has 0 radical (unpaired) electrons. The van der Waals surface area contributed by atoms with Gasteiger partial charge in [-0.2, -0.15) is 0 Å². The average molecular weight is 473 g/mol. The lowest BCUT2D eigenvalue weighted by molar-refractivity contribution is -0.137. The van der Waals surface area contributed by atoms with Crippen molar-refractivity contribution in [3.8, 4) is 5.75 Å². The zero-order valence-electron chi connectivity index (χ0n) is 18.7. The molecule has 1 amide bonds. The maximum atomic E-state index is 14.5. The number of hydrogen-bond acceptors (Lipinski definition) is 7. The SMILES string of the molecule is CCN(Cc1cc2c(Nc3cccc(Cl)c3F)ncnc2cc1OC)C1(C(=O)NC)CNC1. The Balaban J connectivity index is 1.75. The van der Waals surface area contributed by atoms with Gasteiger partial charge in [0, 0.05) is 43.7 Å². The third-order valence-corrected chi connectivity index (χ3v) is 6.37. The molecule has 0 spiro atoms. The summed E-state index contributed by atoms with van der Waals surface area (Å²) < 4.78 is 20.1. The van der Waals surface area contributed by atoms with Gasteiger partial charge in [0.2, 0.25) is 5.91 Å². The number of amides is 1. The van der Waals surface area contributed by atoms with E-state index < -0.39 is 11.4 Å². The minimum absolute atomic E-state index is 0.0212. The summed E-state index contributed by atoms with van der Waals surface area (Å²) in [6, 6.07) is 8.49. The molecule has 1 aliphatic rings. The van der Waals surface area contributed by atoms with Crippen molar-refractivity contribution >= 4 is 39.9 Å². The average Bonchev–Trinajstić information content (AvgIpc) is 2.80. The van der Waals surface area contributed by atoms with Gasteiger partial charge in [0.05, 0.1) is 23.3 Å². The predicted octanol–water partition coefficient (Wildman–Crippen LogP) is 3.08. The molecule has 0 bridgehead atoms. The van der Waals surface area contributed by atoms with Crippen LogP contribution in [0.5, 0.6) is 5.75 Å². The number of likely N-dealkylation sites (N-methyl/N-ethyl adjacent to an activating group) is 2. The first-order valence-electron chi connectivity index (χ1n) is 10.6. The van der Waals surface area contributed by atoms with E-state index in [1.807, 2.05) is 19.1 Å². The summed E-state index contributed by atoms with van der Waals surface area (Å²) in [5.74, 6) is 0.519. The molecule has 174 valence electrons. The van der Waals surface area contributed by atoms with Crippen LogP contribution in [-0.2, 0) is 11.3 Å². The Hall–Kier alpha value is -3.01. The zero-order chi connectivity index (χ0) is 23.6. The monoisotopic (exact) mass is 472 g/mol. The van der Waals surface area contributed by atoms with Gasteiger partial charge < -0.3 is 20.7 Å². The van der Waals surface area contributed by atoms with Crippen molar-refractivity contribution in [1.29, 1.82) is 0 Å². The lowest BCUT2D eigenvalue weighted by Crippen LogP contribution is -2.74. The normalized spacial score (nSPS) is 14.7. The number of hydrogen-bond donors (Lipinski definition) is 3. The molecule has 0 aliphatic carbocycles. The number of fused-ring (bicyclic) bond motifs is 1. The molecule has 2 aromatic carbocycles. The molecule has 3 aromatic rings. The van der Waals surface area contributed by atoms with Gasteiger partial charge >= 0.3 is 0 Å². The van der Waals surface area contributed by atoms with Crippen LogP contribution in [0, 0.1) is 5.82 Å². The highest BCUT2D eigenvalue weighted by Crippen LogP contribution is 2.33. The Morgan fingerprint density at radius 1 is 1.33 bits per heavy atom. The molecule has 0 saturated carbocycles. The second-order valence-electron chi connectivity index (χ2n) is 7.86. The predicted molar refractivity (Wildman–Crippen MR) is 127 cm³/mol. The molecule has 1 saturated heterocycles. The molecule has 0 unspecified atom stereocenters. The molecule has 33 heavy (non-hydrogen) atoms. The number of anilines is 2. The number of rotatable bonds is 8. The molecular formula is C23H26ClFN6O2. The molecule has 2 heterocycles. The number of nitrogens with one attached hydrogen (secondary N) is 3. The number of methoxy groups -OCH3 is 1. The molecule has 10 heteroatoms. The van der Waals surface area contributed by atoms with Crippen LogP contribution >= 0.6 is 11.6 Å². The molecule has 3 N–H and O–H groups in total. The van der Waals surface area contributed by atoms with Crippen molar-refractivity contribution < 1.29 is 13.9 Å². The van der Waals surface area contributed by atoms with Crippen LogP contribution < -0.4 is 20.7 Å². The van der Waals surface area contributed by atoms with Crippen molar-refractivity contribution in [1.82, 2.24) is 25.5 Å². The minimum atomic E-state index is -0.623. The third-order valence-electron chi connectivity index (χ3n) is 6.08. The molecule has 8 nitrogen and oxygen atoms in total. The molecule has 1 aromatic heterocycles. The molecule has 1 fully saturated rings. The summed E-state index contributed by atoms with van der Waals surface area (Å²) in [6.45, 7) is 4.31. The summed E-state index contributed by atoms with van der Waals surface area (Å²) in [6.07, 6.45) is 1.41. The van der Waals surface area contributed by atoms with Crippen molar-refractivity contribution in [2.75, 3.05) is 39.1 Å². The fraction of sp³-hybridized carbons (Fsp3) is 0.348. The van der Waals surface area contributed by atoms with E-state index in [4.69, 9.17) is 16.3 Å². The number of halogens is 2. The minimum Gasteiger partial charge on any atom is -0.496 e. The van der Waals surface area contributed by atoms with Gasteiger partial charge in [0.25, 0.3) is 0 Å². The second kappa shape index (κ2) is 9.46. The summed E-state index contributed by atoms with van der Waals surface area (Å²) in [5, 5.41) is 9.75. The fourth-order valence-electron chi connectivity index (χ4n) is 4.16. The van der Waals surface area contributed by atoms with Crippen LogP contribution in [0.25, 0.3) is 10.9 Å². The number of aromatic nitrogens is 2. The van der Waals surface area contributed by atoms with Crippen LogP contribution in [0.4, 0.5) is 15.9 Å². The topological polar surface area (TPSA) is 91.4 Å². The van der Waals surface area contributed by atoms with Gasteiger partial charge in [0.1, 0.15) is 23.4 Å². The van der Waals surface area contributed by atoms with Crippen LogP contribution in [0.1, 0.15) is 12.5 Å². The maximum Gasteiger partial charge on any atom is 0.242 e. The maximum absolute atomic E-state index is 14.5. The smallest absolute Gasteiger partial charge is 0.242 e. The summed E-state index contributed by atoms with van der Waals surface area (Å²) in [4.78, 5) is 23.5. The van der Waals surface area contributed by atoms with Crippen molar-refractivity contribution in [2.24, 2.45) is 0 Å². The number of carbonyl (C=O) groups is 1. The van der Waals surface area contributed by atoms with Crippen LogP contribution in [0.15, 0.2) is 36.7 Å². The Morgan fingerprint density at radius 2 is 2.12 bits per heavy atom. The first-order valence-corrected chi connectivity index (χ1v) is 11.0. The number of nitrogens with zero attached hydrogens (tertiary/aromatic N) is 3. The van der Waals surface area contributed by atoms with Crippen molar-refractivity contribution in [3.05, 3.63) is 53.1 Å². The Bertz CT molecular complexity index is 1190. The Kier molecular flexibility index (Phi) is 6.64. The Labute approximate surface area is 196 Å². The van der Waals surface area contributed by atoms with E-state index in [-0.39, 0.29) is 16.6 Å². The largest absolute Gasteiger partial charge is 0.496 e. The highest BCUT2D eigenvalue weighted by atomic mass is 35.5. The lowest BCUT2D eigenvalue weighted by atomic mass is 9.88. The number of ether oxygens (including phenoxy) is 1. The zero-order valence-corrected chi connectivity index (χ0v) is 19.5. The van der Waals surface area contributed by atoms with E-state index in [0.29, 0.717) is 48.6 Å². The molecule has 4 rings (SSSR count). The summed E-state index contributed by atoms with van der Waals surface area (Å²) in [5.41, 5.74) is 1.10. The van der Waals surface area contributed by atoms with Gasteiger partial charge in [-0.3, -0.25) is 9.69 Å². The first-order chi connectivity index (χ1) is 15.9. The number of benzene rings is 2. The lowest BCUT2D eigenvalue weighted by Gasteiger charge is -2.48. The van der Waals surface area contributed by atoms with Gasteiger partial charge in [-0.25, -0.2) is 14.4 Å². The van der Waals surface area contributed by atoms with Crippen LogP contribution in [0.3, 0.4) is 0 Å². The van der Waals surface area contributed by atoms with Gasteiger partial charge in [-0.15, -0.1) is 0 Å². The first kappa shape index (κ1) is 23.2. The van der Waals surface area contributed by atoms with E-state index >= 15 is 0 Å². The molecule has 0 atom stereocenters. The van der Waals surface area contributed by atoms with E-state index in [1.165, 1.54) is 12.4 Å². The molecular weight excluding hydrogens is 447 g/mol. The van der Waals surface area contributed by atoms with E-state index in [2.05, 4.69) is 30.8 Å². The highest BCUT2D eigenvalue weighted by Gasteiger charge is 2.48. The molecule has 1 aliphatic heterocycles. The summed E-state index contributed by atoms with van der Waals surface area (Å²) >= 11 is 5.93. The van der Waals surface area contributed by atoms with E-state index in [1.54, 1.807) is 26.3 Å². The van der Waals surface area contributed by atoms with Crippen molar-refractivity contribution in [2.45, 2.75) is 19.0 Å². The van der Waals surface area contributed by atoms with Gasteiger partial charge in [-0.1, -0.05) is 24.6 Å². The standard InChI is InChI=1S/C23H26ClFN6O2/c1-4-31(23(11-27-12-23)22(32)26-2)10-14-8-15-18(9-19(14)33-3)28-13-29-21(15)30-17-7-5-6-16(24)20(17)25/h5-9,13,27H,4,10-12H2,1-3H3,(H,26,32)(H,28,29,30). The number of carbonyl (C=O) groups excluding carboxylic acids is 1. The Morgan fingerprint density at radius 3 is 2.76 bits per heavy atom. The van der Waals surface area contributed by atoms with E-state index in [0.717, 1.165) is 5.56 Å². The van der Waals surface area contributed by atoms with Crippen molar-refractivity contribution in [3.63, 3.8) is 0 Å². The third kappa shape index (κ3) is 4.19. The van der Waals surface area contributed by atoms with Gasteiger partial charge in [-0.05, 0) is 24.7 Å². The quantitative estimate of drug-likeness (QED) is 0.464. The van der Waals surface area contributed by atoms with E-state index in [9.17, 15) is 9.18 Å². The van der Waals surface area contributed by atoms with Crippen LogP contribution in [-0.4, -0.2) is 60.1 Å². The van der Waals surface area contributed by atoms with Gasteiger partial charge in [0.15, 0.2) is 5.82 Å². The fourth-order valence-corrected chi connectivity index (χ4v) is 4.34. The van der Waals surface area contributed by atoms with Crippen LogP contribution in [0.2, 0.25) is 5.02 Å². The summed E-state index contributed by atoms with van der Waals surface area (Å²) in [7, 11) is 3.25.